The summed E-state index contributed by atoms with van der Waals surface area (Å²) in [5, 5.41) is 7.43. The number of allylic oxidation sites excluding steroid dienone is 1. The average Bonchev–Trinajstić information content (AvgIpc) is 3.36. The van der Waals surface area contributed by atoms with E-state index < -0.39 is 77.2 Å². The van der Waals surface area contributed by atoms with Gasteiger partial charge in [0.2, 0.25) is 13.4 Å². The van der Waals surface area contributed by atoms with Gasteiger partial charge in [-0.25, -0.2) is 9.78 Å². The van der Waals surface area contributed by atoms with Crippen LogP contribution in [0.2, 0.25) is 0 Å². The molecule has 1 unspecified atom stereocenters. The van der Waals surface area contributed by atoms with Crippen molar-refractivity contribution in [2.75, 3.05) is 31.5 Å². The van der Waals surface area contributed by atoms with Crippen molar-refractivity contribution in [1.29, 1.82) is 0 Å². The van der Waals surface area contributed by atoms with Crippen molar-refractivity contribution in [2.45, 2.75) is 52.5 Å². The van der Waals surface area contributed by atoms with Crippen LogP contribution in [0, 0.1) is 10.8 Å². The molecule has 0 radical (unpaired) electrons. The summed E-state index contributed by atoms with van der Waals surface area (Å²) in [6.07, 6.45) is 3.26. The zero-order chi connectivity index (χ0) is 32.2. The summed E-state index contributed by atoms with van der Waals surface area (Å²) in [6, 6.07) is 0. The van der Waals surface area contributed by atoms with Crippen LogP contribution in [-0.4, -0.2) is 82.0 Å². The molecule has 16 heteroatoms. The van der Waals surface area contributed by atoms with Crippen molar-refractivity contribution in [1.82, 2.24) is 15.2 Å². The summed E-state index contributed by atoms with van der Waals surface area (Å²) in [4.78, 5) is 74.2. The van der Waals surface area contributed by atoms with Crippen molar-refractivity contribution in [3.8, 4) is 0 Å². The Kier molecular flexibility index (Phi) is 10.3. The predicted octanol–water partition coefficient (Wildman–Crippen LogP) is 1.97. The van der Waals surface area contributed by atoms with Crippen molar-refractivity contribution in [3.63, 3.8) is 0 Å². The third-order valence-corrected chi connectivity index (χ3v) is 8.10. The van der Waals surface area contributed by atoms with Gasteiger partial charge >= 0.3 is 17.9 Å². The maximum atomic E-state index is 13.6. The molecule has 1 saturated heterocycles. The molecule has 0 aromatic carbocycles. The minimum atomic E-state index is -1.63. The Morgan fingerprint density at radius 2 is 1.81 bits per heavy atom. The summed E-state index contributed by atoms with van der Waals surface area (Å²) in [5.74, 6) is -2.96. The number of hydrogen-bond acceptors (Lipinski definition) is 14. The van der Waals surface area contributed by atoms with Gasteiger partial charge in [0, 0.05) is 17.3 Å². The highest BCUT2D eigenvalue weighted by Crippen LogP contribution is 2.43. The number of thiazole rings is 1. The van der Waals surface area contributed by atoms with Gasteiger partial charge in [0.15, 0.2) is 16.4 Å². The Labute approximate surface area is 257 Å². The lowest BCUT2D eigenvalue weighted by molar-refractivity contribution is -0.175. The second-order valence-corrected chi connectivity index (χ2v) is 13.6. The molecule has 234 valence electrons. The zero-order valence-electron chi connectivity index (χ0n) is 24.8. The first-order valence-electron chi connectivity index (χ1n) is 13.0. The Hall–Kier alpha value is -3.92. The number of carbonyl (C=O) groups excluding carboxylic acids is 5. The first kappa shape index (κ1) is 33.6. The van der Waals surface area contributed by atoms with Crippen LogP contribution in [0.25, 0.3) is 0 Å². The molecule has 14 nitrogen and oxygen atoms in total. The van der Waals surface area contributed by atoms with Crippen molar-refractivity contribution in [2.24, 2.45) is 16.0 Å². The number of aromatic nitrogens is 1. The van der Waals surface area contributed by atoms with Crippen LogP contribution in [0.15, 0.2) is 35.0 Å². The highest BCUT2D eigenvalue weighted by molar-refractivity contribution is 8.00. The standard InChI is InChI=1S/C27H35N5O9S2/c1-8-15-9-32-20(35)27(21(32)42-11-15,13-38-22(36)25(2,3)4)30-19(34)18(16-12-43-24(28)29-16)31-41-10-17(33)39-14-40-23(37)26(5,6)7/h8-9,12,21H,1,10-11,13-14H2,2-7H3,(H2,28,29)(H,30,34)/t21-,27?/m0/s1. The molecule has 2 amide bonds. The lowest BCUT2D eigenvalue weighted by atomic mass is 9.87. The van der Waals surface area contributed by atoms with Crippen LogP contribution in [-0.2, 0) is 43.0 Å². The van der Waals surface area contributed by atoms with Gasteiger partial charge in [-0.3, -0.25) is 19.2 Å². The molecule has 0 aliphatic carbocycles. The molecule has 2 atom stereocenters. The molecule has 43 heavy (non-hydrogen) atoms. The maximum Gasteiger partial charge on any atom is 0.349 e. The monoisotopic (exact) mass is 637 g/mol. The normalized spacial score (nSPS) is 20.2. The second-order valence-electron chi connectivity index (χ2n) is 11.6. The van der Waals surface area contributed by atoms with Gasteiger partial charge in [-0.1, -0.05) is 17.8 Å². The fraction of sp³-hybridized carbons (Fsp3) is 0.519. The maximum absolute atomic E-state index is 13.6. The number of amides is 2. The van der Waals surface area contributed by atoms with E-state index in [1.807, 2.05) is 0 Å². The number of oxime groups is 1. The number of nitrogen functional groups attached to an aromatic ring is 1. The first-order valence-corrected chi connectivity index (χ1v) is 14.9. The van der Waals surface area contributed by atoms with E-state index in [2.05, 4.69) is 22.0 Å². The lowest BCUT2D eigenvalue weighted by Crippen LogP contribution is -2.80. The van der Waals surface area contributed by atoms with Crippen molar-refractivity contribution < 1.29 is 43.0 Å². The molecule has 3 N–H and O–H groups in total. The number of ether oxygens (including phenoxy) is 3. The van der Waals surface area contributed by atoms with E-state index in [4.69, 9.17) is 24.8 Å². The number of nitrogens with one attached hydrogen (secondary N) is 1. The van der Waals surface area contributed by atoms with E-state index in [-0.39, 0.29) is 10.8 Å². The summed E-state index contributed by atoms with van der Waals surface area (Å²) in [6.45, 7) is 11.8. The molecule has 1 aromatic rings. The highest BCUT2D eigenvalue weighted by Gasteiger charge is 2.64. The topological polar surface area (TPSA) is 189 Å². The molecule has 2 aliphatic rings. The van der Waals surface area contributed by atoms with E-state index in [0.29, 0.717) is 5.75 Å². The number of fused-ring (bicyclic) bond motifs is 1. The number of β-lactam (4-membered cyclic amide) rings is 1. The van der Waals surface area contributed by atoms with E-state index in [0.717, 1.165) is 16.9 Å². The molecule has 0 spiro atoms. The number of anilines is 1. The number of rotatable bonds is 11. The summed E-state index contributed by atoms with van der Waals surface area (Å²) < 4.78 is 15.2. The minimum absolute atomic E-state index is 0.0167. The minimum Gasteiger partial charge on any atom is -0.462 e. The summed E-state index contributed by atoms with van der Waals surface area (Å²) in [5.41, 5.74) is 2.92. The van der Waals surface area contributed by atoms with Crippen LogP contribution in [0.5, 0.6) is 0 Å². The second kappa shape index (κ2) is 13.2. The Balaban J connectivity index is 1.79. The van der Waals surface area contributed by atoms with E-state index in [1.165, 1.54) is 22.0 Å². The Bertz CT molecular complexity index is 1360. The molecular formula is C27H35N5O9S2. The number of thioether (sulfide) groups is 1. The first-order chi connectivity index (χ1) is 20.0. The third kappa shape index (κ3) is 7.93. The van der Waals surface area contributed by atoms with Gasteiger partial charge in [0.05, 0.1) is 10.8 Å². The summed E-state index contributed by atoms with van der Waals surface area (Å²) >= 11 is 2.39. The van der Waals surface area contributed by atoms with E-state index >= 15 is 0 Å². The van der Waals surface area contributed by atoms with Gasteiger partial charge in [0.1, 0.15) is 17.7 Å². The smallest absolute Gasteiger partial charge is 0.349 e. The molecule has 0 saturated carbocycles. The quantitative estimate of drug-likeness (QED) is 0.118. The molecule has 3 heterocycles. The zero-order valence-corrected chi connectivity index (χ0v) is 26.4. The van der Waals surface area contributed by atoms with Crippen molar-refractivity contribution >= 4 is 63.7 Å². The number of nitrogens with zero attached hydrogens (tertiary/aromatic N) is 3. The lowest BCUT2D eigenvalue weighted by Gasteiger charge is -2.55. The largest absolute Gasteiger partial charge is 0.462 e. The van der Waals surface area contributed by atoms with Gasteiger partial charge in [-0.15, -0.1) is 23.1 Å². The number of nitrogens with two attached hydrogens (primary N) is 1. The number of esters is 3. The van der Waals surface area contributed by atoms with E-state index in [1.54, 1.807) is 53.8 Å². The Morgan fingerprint density at radius 1 is 1.16 bits per heavy atom. The van der Waals surface area contributed by atoms with Crippen LogP contribution in [0.3, 0.4) is 0 Å². The highest BCUT2D eigenvalue weighted by atomic mass is 32.2. The number of hydrogen-bond donors (Lipinski definition) is 2. The molecular weight excluding hydrogens is 602 g/mol. The van der Waals surface area contributed by atoms with Gasteiger partial charge in [-0.2, -0.15) is 0 Å². The van der Waals surface area contributed by atoms with E-state index in [9.17, 15) is 24.0 Å². The molecule has 2 aliphatic heterocycles. The van der Waals surface area contributed by atoms with Crippen molar-refractivity contribution in [3.05, 3.63) is 35.5 Å². The third-order valence-electron chi connectivity index (χ3n) is 5.99. The van der Waals surface area contributed by atoms with Crippen LogP contribution in [0.4, 0.5) is 5.13 Å². The van der Waals surface area contributed by atoms with Crippen LogP contribution >= 0.6 is 23.1 Å². The summed E-state index contributed by atoms with van der Waals surface area (Å²) in [7, 11) is 0. The Morgan fingerprint density at radius 3 is 2.40 bits per heavy atom. The van der Waals surface area contributed by atoms with Gasteiger partial charge in [-0.05, 0) is 47.1 Å². The fourth-order valence-corrected chi connectivity index (χ4v) is 5.48. The molecule has 3 rings (SSSR count). The SMILES string of the molecule is C=CC1=CN2C(=O)C(COC(=O)C(C)(C)C)(NC(=O)C(=NOCC(=O)OCOC(=O)C(C)(C)C)c3csc(N)n3)[C@@H]2SC1. The molecule has 0 bridgehead atoms. The van der Waals surface area contributed by atoms with Crippen LogP contribution in [0.1, 0.15) is 47.2 Å². The molecule has 1 fully saturated rings. The fourth-order valence-electron chi connectivity index (χ4n) is 3.56. The predicted molar refractivity (Wildman–Crippen MR) is 158 cm³/mol. The van der Waals surface area contributed by atoms with Gasteiger partial charge in [0.25, 0.3) is 11.8 Å². The molecule has 1 aromatic heterocycles. The number of carbonyl (C=O) groups is 5. The van der Waals surface area contributed by atoms with Crippen LogP contribution < -0.4 is 11.1 Å². The average molecular weight is 638 g/mol. The van der Waals surface area contributed by atoms with Gasteiger partial charge < -0.3 is 35.0 Å².